The van der Waals surface area contributed by atoms with Crippen molar-refractivity contribution < 1.29 is 8.42 Å². The van der Waals surface area contributed by atoms with Crippen molar-refractivity contribution in [2.24, 2.45) is 5.92 Å². The second-order valence-electron chi connectivity index (χ2n) is 4.36. The largest absolute Gasteiger partial charge is 0.384 e. The lowest BCUT2D eigenvalue weighted by atomic mass is 10.2. The first-order chi connectivity index (χ1) is 8.13. The molecule has 1 aromatic rings. The first-order valence-corrected chi connectivity index (χ1v) is 7.38. The Morgan fingerprint density at radius 2 is 2.00 bits per heavy atom. The molecule has 0 atom stereocenters. The SMILES string of the molecule is CNS(=O)(=O)c1ccccc1NCCC1CC1. The average Bonchev–Trinajstić information content (AvgIpc) is 3.14. The fourth-order valence-electron chi connectivity index (χ4n) is 1.77. The summed E-state index contributed by atoms with van der Waals surface area (Å²) in [6.07, 6.45) is 3.75. The predicted molar refractivity (Wildman–Crippen MR) is 68.5 cm³/mol. The molecular formula is C12H18N2O2S. The Labute approximate surface area is 102 Å². The lowest BCUT2D eigenvalue weighted by Gasteiger charge is -2.11. The number of nitrogens with one attached hydrogen (secondary N) is 2. The van der Waals surface area contributed by atoms with E-state index < -0.39 is 10.0 Å². The summed E-state index contributed by atoms with van der Waals surface area (Å²) in [5, 5.41) is 3.21. The van der Waals surface area contributed by atoms with E-state index in [1.807, 2.05) is 6.07 Å². The average molecular weight is 254 g/mol. The van der Waals surface area contributed by atoms with Crippen LogP contribution in [0.15, 0.2) is 29.2 Å². The van der Waals surface area contributed by atoms with E-state index in [-0.39, 0.29) is 0 Å². The highest BCUT2D eigenvalue weighted by atomic mass is 32.2. The van der Waals surface area contributed by atoms with Crippen LogP contribution in [0, 0.1) is 5.92 Å². The molecule has 0 spiro atoms. The van der Waals surface area contributed by atoms with Crippen molar-refractivity contribution in [2.75, 3.05) is 18.9 Å². The van der Waals surface area contributed by atoms with Crippen LogP contribution >= 0.6 is 0 Å². The fourth-order valence-corrected chi connectivity index (χ4v) is 2.68. The highest BCUT2D eigenvalue weighted by Crippen LogP contribution is 2.32. The molecule has 0 amide bonds. The van der Waals surface area contributed by atoms with Gasteiger partial charge in [-0.3, -0.25) is 0 Å². The van der Waals surface area contributed by atoms with E-state index in [2.05, 4.69) is 10.0 Å². The molecule has 0 unspecified atom stereocenters. The summed E-state index contributed by atoms with van der Waals surface area (Å²) in [7, 11) is -1.95. The van der Waals surface area contributed by atoms with Crippen LogP contribution in [0.2, 0.25) is 0 Å². The van der Waals surface area contributed by atoms with Crippen LogP contribution in [0.25, 0.3) is 0 Å². The molecule has 0 aromatic heterocycles. The monoisotopic (exact) mass is 254 g/mol. The Bertz CT molecular complexity index is 481. The molecule has 2 rings (SSSR count). The molecule has 1 fully saturated rings. The minimum Gasteiger partial charge on any atom is -0.384 e. The van der Waals surface area contributed by atoms with Gasteiger partial charge in [0.1, 0.15) is 4.90 Å². The Kier molecular flexibility index (Phi) is 3.69. The smallest absolute Gasteiger partial charge is 0.242 e. The number of rotatable bonds is 6. The Hall–Kier alpha value is -1.07. The molecular weight excluding hydrogens is 236 g/mol. The van der Waals surface area contributed by atoms with Crippen LogP contribution in [-0.2, 0) is 10.0 Å². The Morgan fingerprint density at radius 3 is 2.65 bits per heavy atom. The first kappa shape index (κ1) is 12.4. The van der Waals surface area contributed by atoms with Crippen molar-refractivity contribution in [3.8, 4) is 0 Å². The molecule has 0 aliphatic heterocycles. The van der Waals surface area contributed by atoms with Crippen molar-refractivity contribution in [3.63, 3.8) is 0 Å². The van der Waals surface area contributed by atoms with Gasteiger partial charge in [-0.25, -0.2) is 13.1 Å². The number of sulfonamides is 1. The van der Waals surface area contributed by atoms with Gasteiger partial charge in [-0.05, 0) is 31.5 Å². The zero-order chi connectivity index (χ0) is 12.3. The molecule has 0 bridgehead atoms. The van der Waals surface area contributed by atoms with Crippen molar-refractivity contribution >= 4 is 15.7 Å². The zero-order valence-electron chi connectivity index (χ0n) is 9.94. The quantitative estimate of drug-likeness (QED) is 0.814. The number of anilines is 1. The lowest BCUT2D eigenvalue weighted by Crippen LogP contribution is -2.20. The molecule has 5 heteroatoms. The number of benzene rings is 1. The van der Waals surface area contributed by atoms with Gasteiger partial charge in [0.2, 0.25) is 10.0 Å². The van der Waals surface area contributed by atoms with Gasteiger partial charge < -0.3 is 5.32 Å². The molecule has 1 saturated carbocycles. The number of hydrogen-bond donors (Lipinski definition) is 2. The van der Waals surface area contributed by atoms with Crippen molar-refractivity contribution in [2.45, 2.75) is 24.2 Å². The summed E-state index contributed by atoms with van der Waals surface area (Å²) in [6, 6.07) is 6.99. The molecule has 1 aromatic carbocycles. The maximum Gasteiger partial charge on any atom is 0.242 e. The second kappa shape index (κ2) is 5.06. The molecule has 1 aliphatic rings. The molecule has 0 saturated heterocycles. The normalized spacial score (nSPS) is 15.8. The van der Waals surface area contributed by atoms with Gasteiger partial charge >= 0.3 is 0 Å². The summed E-state index contributed by atoms with van der Waals surface area (Å²) >= 11 is 0. The summed E-state index contributed by atoms with van der Waals surface area (Å²) in [6.45, 7) is 0.834. The van der Waals surface area contributed by atoms with Gasteiger partial charge in [0.25, 0.3) is 0 Å². The first-order valence-electron chi connectivity index (χ1n) is 5.90. The minimum atomic E-state index is -3.38. The molecule has 94 valence electrons. The van der Waals surface area contributed by atoms with Crippen LogP contribution in [0.3, 0.4) is 0 Å². The van der Waals surface area contributed by atoms with Crippen molar-refractivity contribution in [1.29, 1.82) is 0 Å². The third-order valence-electron chi connectivity index (χ3n) is 3.01. The van der Waals surface area contributed by atoms with Gasteiger partial charge in [-0.1, -0.05) is 25.0 Å². The third kappa shape index (κ3) is 3.20. The van der Waals surface area contributed by atoms with Crippen LogP contribution in [0.5, 0.6) is 0 Å². The Balaban J connectivity index is 2.09. The summed E-state index contributed by atoms with van der Waals surface area (Å²) < 4.78 is 25.9. The lowest BCUT2D eigenvalue weighted by molar-refractivity contribution is 0.588. The van der Waals surface area contributed by atoms with E-state index in [1.54, 1.807) is 18.2 Å². The van der Waals surface area contributed by atoms with Crippen molar-refractivity contribution in [3.05, 3.63) is 24.3 Å². The molecule has 0 heterocycles. The van der Waals surface area contributed by atoms with E-state index in [0.717, 1.165) is 18.9 Å². The van der Waals surface area contributed by atoms with E-state index in [1.165, 1.54) is 19.9 Å². The van der Waals surface area contributed by atoms with E-state index in [9.17, 15) is 8.42 Å². The van der Waals surface area contributed by atoms with Gasteiger partial charge in [-0.15, -0.1) is 0 Å². The summed E-state index contributed by atoms with van der Waals surface area (Å²) in [5.41, 5.74) is 0.683. The van der Waals surface area contributed by atoms with Gasteiger partial charge in [0.15, 0.2) is 0 Å². The van der Waals surface area contributed by atoms with E-state index in [0.29, 0.717) is 10.6 Å². The van der Waals surface area contributed by atoms with E-state index >= 15 is 0 Å². The van der Waals surface area contributed by atoms with Crippen LogP contribution in [0.4, 0.5) is 5.69 Å². The molecule has 0 radical (unpaired) electrons. The molecule has 2 N–H and O–H groups in total. The standard InChI is InChI=1S/C12H18N2O2S/c1-13-17(15,16)12-5-3-2-4-11(12)14-9-8-10-6-7-10/h2-5,10,13-14H,6-9H2,1H3. The zero-order valence-corrected chi connectivity index (χ0v) is 10.8. The number of hydrogen-bond acceptors (Lipinski definition) is 3. The summed E-state index contributed by atoms with van der Waals surface area (Å²) in [4.78, 5) is 0.318. The molecule has 1 aliphatic carbocycles. The third-order valence-corrected chi connectivity index (χ3v) is 4.48. The van der Waals surface area contributed by atoms with Crippen LogP contribution in [0.1, 0.15) is 19.3 Å². The van der Waals surface area contributed by atoms with Gasteiger partial charge in [0, 0.05) is 6.54 Å². The van der Waals surface area contributed by atoms with Gasteiger partial charge in [0.05, 0.1) is 5.69 Å². The maximum atomic E-state index is 11.8. The predicted octanol–water partition coefficient (Wildman–Crippen LogP) is 1.81. The maximum absolute atomic E-state index is 11.8. The number of para-hydroxylation sites is 1. The van der Waals surface area contributed by atoms with E-state index in [4.69, 9.17) is 0 Å². The minimum absolute atomic E-state index is 0.318. The van der Waals surface area contributed by atoms with Crippen molar-refractivity contribution in [1.82, 2.24) is 4.72 Å². The van der Waals surface area contributed by atoms with Crippen LogP contribution < -0.4 is 10.0 Å². The highest BCUT2D eigenvalue weighted by Gasteiger charge is 2.21. The second-order valence-corrected chi connectivity index (χ2v) is 6.22. The van der Waals surface area contributed by atoms with Gasteiger partial charge in [-0.2, -0.15) is 0 Å². The van der Waals surface area contributed by atoms with Crippen LogP contribution in [-0.4, -0.2) is 22.0 Å². The summed E-state index contributed by atoms with van der Waals surface area (Å²) in [5.74, 6) is 0.843. The fraction of sp³-hybridized carbons (Fsp3) is 0.500. The Morgan fingerprint density at radius 1 is 1.29 bits per heavy atom. The molecule has 17 heavy (non-hydrogen) atoms. The topological polar surface area (TPSA) is 58.2 Å². The highest BCUT2D eigenvalue weighted by molar-refractivity contribution is 7.89. The molecule has 4 nitrogen and oxygen atoms in total.